The minimum Gasteiger partial charge on any atom is -0.406 e. The molecule has 0 amide bonds. The summed E-state index contributed by atoms with van der Waals surface area (Å²) < 4.78 is 39.9. The Balaban J connectivity index is 1.94. The summed E-state index contributed by atoms with van der Waals surface area (Å²) in [6.07, 6.45) is -4.63. The maximum atomic E-state index is 12.0. The van der Waals surface area contributed by atoms with Crippen LogP contribution in [0.2, 0.25) is 0 Å². The molecular formula is C13H17F3N2O. The summed E-state index contributed by atoms with van der Waals surface area (Å²) in [6, 6.07) is 6.59. The average molecular weight is 274 g/mol. The number of rotatable bonds is 5. The van der Waals surface area contributed by atoms with Gasteiger partial charge in [0.05, 0.1) is 0 Å². The van der Waals surface area contributed by atoms with Crippen molar-refractivity contribution in [1.82, 2.24) is 10.2 Å². The van der Waals surface area contributed by atoms with Crippen molar-refractivity contribution in [1.29, 1.82) is 0 Å². The minimum absolute atomic E-state index is 0.176. The first kappa shape index (κ1) is 14.1. The van der Waals surface area contributed by atoms with Gasteiger partial charge in [0.1, 0.15) is 5.75 Å². The third-order valence-electron chi connectivity index (χ3n) is 3.23. The zero-order valence-electron chi connectivity index (χ0n) is 10.7. The van der Waals surface area contributed by atoms with E-state index in [-0.39, 0.29) is 5.75 Å². The van der Waals surface area contributed by atoms with Gasteiger partial charge in [0.15, 0.2) is 0 Å². The number of hydrogen-bond acceptors (Lipinski definition) is 3. The first-order chi connectivity index (χ1) is 8.98. The summed E-state index contributed by atoms with van der Waals surface area (Å²) in [4.78, 5) is 2.30. The molecule has 6 heteroatoms. The fraction of sp³-hybridized carbons (Fsp3) is 0.538. The van der Waals surface area contributed by atoms with E-state index >= 15 is 0 Å². The Kier molecular flexibility index (Phi) is 4.31. The minimum atomic E-state index is -4.63. The van der Waals surface area contributed by atoms with Gasteiger partial charge in [-0.2, -0.15) is 0 Å². The van der Waals surface area contributed by atoms with E-state index in [4.69, 9.17) is 0 Å². The Bertz CT molecular complexity index is 401. The molecule has 1 aromatic rings. The molecule has 2 rings (SSSR count). The lowest BCUT2D eigenvalue weighted by Crippen LogP contribution is -2.56. The highest BCUT2D eigenvalue weighted by Gasteiger charge is 2.31. The molecule has 0 bridgehead atoms. The van der Waals surface area contributed by atoms with E-state index in [1.54, 1.807) is 12.1 Å². The molecule has 1 fully saturated rings. The fourth-order valence-electron chi connectivity index (χ4n) is 2.06. The monoisotopic (exact) mass is 274 g/mol. The fourth-order valence-corrected chi connectivity index (χ4v) is 2.06. The van der Waals surface area contributed by atoms with Gasteiger partial charge < -0.3 is 10.1 Å². The highest BCUT2D eigenvalue weighted by Crippen LogP contribution is 2.23. The van der Waals surface area contributed by atoms with Crippen LogP contribution in [0.15, 0.2) is 24.3 Å². The Hall–Kier alpha value is -1.27. The quantitative estimate of drug-likeness (QED) is 0.892. The van der Waals surface area contributed by atoms with Crippen LogP contribution in [-0.4, -0.2) is 36.9 Å². The van der Waals surface area contributed by atoms with Crippen molar-refractivity contribution >= 4 is 0 Å². The highest BCUT2D eigenvalue weighted by molar-refractivity contribution is 5.27. The maximum Gasteiger partial charge on any atom is 0.573 e. The standard InChI is InChI=1S/C13H17F3N2O/c1-2-18(11-7-17-8-11)9-10-3-5-12(6-4-10)19-13(14,15)16/h3-6,11,17H,2,7-9H2,1H3. The first-order valence-corrected chi connectivity index (χ1v) is 6.27. The van der Waals surface area contributed by atoms with Gasteiger partial charge in [-0.05, 0) is 24.2 Å². The molecule has 0 atom stereocenters. The Morgan fingerprint density at radius 1 is 1.26 bits per heavy atom. The second-order valence-corrected chi connectivity index (χ2v) is 4.57. The lowest BCUT2D eigenvalue weighted by molar-refractivity contribution is -0.274. The third-order valence-corrected chi connectivity index (χ3v) is 3.23. The summed E-state index contributed by atoms with van der Waals surface area (Å²) in [6.45, 7) is 5.70. The molecule has 0 spiro atoms. The first-order valence-electron chi connectivity index (χ1n) is 6.27. The predicted molar refractivity (Wildman–Crippen MR) is 65.9 cm³/mol. The molecule has 1 heterocycles. The maximum absolute atomic E-state index is 12.0. The summed E-state index contributed by atoms with van der Waals surface area (Å²) in [7, 11) is 0. The molecule has 1 aliphatic rings. The second-order valence-electron chi connectivity index (χ2n) is 4.57. The number of halogens is 3. The largest absolute Gasteiger partial charge is 0.573 e. The molecule has 3 nitrogen and oxygen atoms in total. The molecule has 19 heavy (non-hydrogen) atoms. The highest BCUT2D eigenvalue weighted by atomic mass is 19.4. The van der Waals surface area contributed by atoms with E-state index in [2.05, 4.69) is 21.9 Å². The van der Waals surface area contributed by atoms with Crippen molar-refractivity contribution in [2.24, 2.45) is 0 Å². The van der Waals surface area contributed by atoms with Gasteiger partial charge in [0.2, 0.25) is 0 Å². The van der Waals surface area contributed by atoms with Gasteiger partial charge in [-0.1, -0.05) is 19.1 Å². The lowest BCUT2D eigenvalue weighted by atomic mass is 10.1. The van der Waals surface area contributed by atoms with Crippen molar-refractivity contribution in [3.63, 3.8) is 0 Å². The average Bonchev–Trinajstić information content (AvgIpc) is 2.26. The number of nitrogens with zero attached hydrogens (tertiary/aromatic N) is 1. The van der Waals surface area contributed by atoms with Crippen LogP contribution in [0.5, 0.6) is 5.75 Å². The number of alkyl halides is 3. The third kappa shape index (κ3) is 4.11. The molecule has 0 aromatic heterocycles. The summed E-state index contributed by atoms with van der Waals surface area (Å²) in [5, 5.41) is 3.21. The number of likely N-dealkylation sites (N-methyl/N-ethyl adjacent to an activating group) is 1. The zero-order chi connectivity index (χ0) is 13.9. The van der Waals surface area contributed by atoms with Crippen LogP contribution >= 0.6 is 0 Å². The van der Waals surface area contributed by atoms with E-state index in [0.717, 1.165) is 31.7 Å². The van der Waals surface area contributed by atoms with Crippen molar-refractivity contribution in [2.75, 3.05) is 19.6 Å². The number of benzene rings is 1. The number of hydrogen-bond donors (Lipinski definition) is 1. The number of ether oxygens (including phenoxy) is 1. The van der Waals surface area contributed by atoms with Crippen molar-refractivity contribution < 1.29 is 17.9 Å². The van der Waals surface area contributed by atoms with Gasteiger partial charge in [-0.3, -0.25) is 4.90 Å². The molecule has 1 N–H and O–H groups in total. The van der Waals surface area contributed by atoms with Gasteiger partial charge >= 0.3 is 6.36 Å². The molecular weight excluding hydrogens is 257 g/mol. The molecule has 0 saturated carbocycles. The van der Waals surface area contributed by atoms with E-state index < -0.39 is 6.36 Å². The van der Waals surface area contributed by atoms with Crippen LogP contribution in [0, 0.1) is 0 Å². The van der Waals surface area contributed by atoms with Crippen LogP contribution < -0.4 is 10.1 Å². The van der Waals surface area contributed by atoms with Gasteiger partial charge in [0.25, 0.3) is 0 Å². The normalized spacial score (nSPS) is 16.5. The zero-order valence-corrected chi connectivity index (χ0v) is 10.7. The van der Waals surface area contributed by atoms with Gasteiger partial charge in [-0.25, -0.2) is 0 Å². The SMILES string of the molecule is CCN(Cc1ccc(OC(F)(F)F)cc1)C1CNC1. The van der Waals surface area contributed by atoms with E-state index in [1.165, 1.54) is 12.1 Å². The van der Waals surface area contributed by atoms with Crippen LogP contribution in [0.1, 0.15) is 12.5 Å². The number of nitrogens with one attached hydrogen (secondary N) is 1. The predicted octanol–water partition coefficient (Wildman–Crippen LogP) is 2.38. The molecule has 1 saturated heterocycles. The van der Waals surface area contributed by atoms with E-state index in [1.807, 2.05) is 0 Å². The smallest absolute Gasteiger partial charge is 0.406 e. The van der Waals surface area contributed by atoms with E-state index in [0.29, 0.717) is 6.04 Å². The van der Waals surface area contributed by atoms with Crippen LogP contribution in [0.25, 0.3) is 0 Å². The molecule has 0 unspecified atom stereocenters. The van der Waals surface area contributed by atoms with Crippen molar-refractivity contribution in [2.45, 2.75) is 25.9 Å². The molecule has 1 aliphatic heterocycles. The molecule has 106 valence electrons. The summed E-state index contributed by atoms with van der Waals surface area (Å²) >= 11 is 0. The molecule has 1 aromatic carbocycles. The summed E-state index contributed by atoms with van der Waals surface area (Å²) in [5.74, 6) is -0.176. The van der Waals surface area contributed by atoms with E-state index in [9.17, 15) is 13.2 Å². The Morgan fingerprint density at radius 2 is 1.89 bits per heavy atom. The topological polar surface area (TPSA) is 24.5 Å². The molecule has 0 aliphatic carbocycles. The Morgan fingerprint density at radius 3 is 2.32 bits per heavy atom. The summed E-state index contributed by atoms with van der Waals surface area (Å²) in [5.41, 5.74) is 0.989. The van der Waals surface area contributed by atoms with Crippen LogP contribution in [0.3, 0.4) is 0 Å². The second kappa shape index (κ2) is 5.79. The van der Waals surface area contributed by atoms with Gasteiger partial charge in [0, 0.05) is 25.7 Å². The van der Waals surface area contributed by atoms with Crippen LogP contribution in [-0.2, 0) is 6.54 Å². The van der Waals surface area contributed by atoms with Crippen LogP contribution in [0.4, 0.5) is 13.2 Å². The van der Waals surface area contributed by atoms with Crippen molar-refractivity contribution in [3.05, 3.63) is 29.8 Å². The van der Waals surface area contributed by atoms with Gasteiger partial charge in [-0.15, -0.1) is 13.2 Å². The lowest BCUT2D eigenvalue weighted by Gasteiger charge is -2.37. The Labute approximate surface area is 110 Å². The van der Waals surface area contributed by atoms with Crippen molar-refractivity contribution in [3.8, 4) is 5.75 Å². The molecule has 0 radical (unpaired) electrons.